The second-order valence-corrected chi connectivity index (χ2v) is 6.91. The summed E-state index contributed by atoms with van der Waals surface area (Å²) in [5, 5.41) is 0. The Bertz CT molecular complexity index is 441. The van der Waals surface area contributed by atoms with Gasteiger partial charge in [0.05, 0.1) is 0 Å². The Morgan fingerprint density at radius 3 is 2.52 bits per heavy atom. The lowest BCUT2D eigenvalue weighted by Crippen LogP contribution is -2.61. The first-order valence-electron chi connectivity index (χ1n) is 7.71. The van der Waals surface area contributed by atoms with Crippen LogP contribution in [0.5, 0.6) is 0 Å². The Balaban J connectivity index is 2.21. The van der Waals surface area contributed by atoms with Gasteiger partial charge in [0.25, 0.3) is 0 Å². The summed E-state index contributed by atoms with van der Waals surface area (Å²) in [6, 6.07) is 0. The lowest BCUT2D eigenvalue weighted by Gasteiger charge is -2.44. The van der Waals surface area contributed by atoms with Gasteiger partial charge in [-0.1, -0.05) is 6.08 Å². The van der Waals surface area contributed by atoms with Crippen molar-refractivity contribution in [1.82, 2.24) is 9.80 Å². The van der Waals surface area contributed by atoms with Crippen LogP contribution < -0.4 is 0 Å². The summed E-state index contributed by atoms with van der Waals surface area (Å²) < 4.78 is 5.49. The Morgan fingerprint density at radius 1 is 1.33 bits per heavy atom. The Labute approximate surface area is 126 Å². The number of hydrogen-bond donors (Lipinski definition) is 0. The molecule has 2 saturated heterocycles. The highest BCUT2D eigenvalue weighted by Crippen LogP contribution is 2.39. The molecule has 0 aliphatic carbocycles. The number of hydrogen-bond acceptors (Lipinski definition) is 3. The predicted octanol–water partition coefficient (Wildman–Crippen LogP) is 2.56. The van der Waals surface area contributed by atoms with Crippen LogP contribution in [0, 0.1) is 0 Å². The molecule has 1 atom stereocenters. The van der Waals surface area contributed by atoms with E-state index >= 15 is 0 Å². The smallest absolute Gasteiger partial charge is 0.411 e. The fourth-order valence-electron chi connectivity index (χ4n) is 3.34. The van der Waals surface area contributed by atoms with E-state index < -0.39 is 11.1 Å². The van der Waals surface area contributed by atoms with E-state index in [0.29, 0.717) is 13.1 Å². The molecule has 2 heterocycles. The third-order valence-corrected chi connectivity index (χ3v) is 4.16. The van der Waals surface area contributed by atoms with Crippen molar-refractivity contribution in [2.24, 2.45) is 0 Å². The van der Waals surface area contributed by atoms with Gasteiger partial charge in [-0.3, -0.25) is 9.69 Å². The Morgan fingerprint density at radius 2 is 1.95 bits per heavy atom. The number of amides is 2. The number of piperidine rings is 1. The van der Waals surface area contributed by atoms with E-state index in [1.807, 2.05) is 20.8 Å². The molecular formula is C16H26N2O3. The standard InChI is InChI=1S/C16H26N2O3/c1-5-10-17-11-6-8-16(13(17)19)9-7-12-18(16)14(20)21-15(2,3)4/h5H,1,6-12H2,2-4H3. The summed E-state index contributed by atoms with van der Waals surface area (Å²) in [7, 11) is 0. The molecule has 5 heteroatoms. The SMILES string of the molecule is C=CCN1CCCC2(CCCN2C(=O)OC(C)(C)C)C1=O. The highest BCUT2D eigenvalue weighted by molar-refractivity contribution is 5.91. The summed E-state index contributed by atoms with van der Waals surface area (Å²) >= 11 is 0. The molecule has 118 valence electrons. The van der Waals surface area contributed by atoms with Gasteiger partial charge in [-0.2, -0.15) is 0 Å². The average molecular weight is 294 g/mol. The zero-order chi connectivity index (χ0) is 15.7. The van der Waals surface area contributed by atoms with E-state index in [9.17, 15) is 9.59 Å². The second kappa shape index (κ2) is 5.70. The van der Waals surface area contributed by atoms with Gasteiger partial charge in [-0.25, -0.2) is 4.79 Å². The zero-order valence-corrected chi connectivity index (χ0v) is 13.4. The normalized spacial score (nSPS) is 26.3. The van der Waals surface area contributed by atoms with Gasteiger partial charge in [0.2, 0.25) is 5.91 Å². The van der Waals surface area contributed by atoms with Gasteiger partial charge < -0.3 is 9.64 Å². The summed E-state index contributed by atoms with van der Waals surface area (Å²) in [4.78, 5) is 28.8. The van der Waals surface area contributed by atoms with Gasteiger partial charge in [-0.15, -0.1) is 6.58 Å². The number of carbonyl (C=O) groups excluding carboxylic acids is 2. The summed E-state index contributed by atoms with van der Waals surface area (Å²) in [5.74, 6) is 0.0528. The van der Waals surface area contributed by atoms with E-state index in [1.54, 1.807) is 15.9 Å². The number of ether oxygens (including phenoxy) is 1. The highest BCUT2D eigenvalue weighted by Gasteiger charge is 2.53. The van der Waals surface area contributed by atoms with E-state index in [2.05, 4.69) is 6.58 Å². The van der Waals surface area contributed by atoms with Gasteiger partial charge in [-0.05, 0) is 46.5 Å². The fourth-order valence-corrected chi connectivity index (χ4v) is 3.34. The predicted molar refractivity (Wildman–Crippen MR) is 80.9 cm³/mol. The number of likely N-dealkylation sites (tertiary alicyclic amines) is 2. The first-order valence-corrected chi connectivity index (χ1v) is 7.71. The Kier molecular flexibility index (Phi) is 4.30. The van der Waals surface area contributed by atoms with Gasteiger partial charge >= 0.3 is 6.09 Å². The molecule has 0 aromatic heterocycles. The maximum atomic E-state index is 12.8. The zero-order valence-electron chi connectivity index (χ0n) is 13.4. The van der Waals surface area contributed by atoms with Crippen LogP contribution in [0.3, 0.4) is 0 Å². The van der Waals surface area contributed by atoms with Crippen molar-refractivity contribution in [2.45, 2.75) is 57.6 Å². The largest absolute Gasteiger partial charge is 0.444 e. The molecule has 0 bridgehead atoms. The molecule has 0 aromatic rings. The number of rotatable bonds is 2. The third-order valence-electron chi connectivity index (χ3n) is 4.16. The Hall–Kier alpha value is -1.52. The van der Waals surface area contributed by atoms with Crippen LogP contribution in [0.1, 0.15) is 46.5 Å². The van der Waals surface area contributed by atoms with Gasteiger partial charge in [0, 0.05) is 19.6 Å². The van der Waals surface area contributed by atoms with Crippen LogP contribution in [-0.4, -0.2) is 52.6 Å². The quantitative estimate of drug-likeness (QED) is 0.735. The van der Waals surface area contributed by atoms with Gasteiger partial charge in [0.1, 0.15) is 11.1 Å². The minimum Gasteiger partial charge on any atom is -0.444 e. The summed E-state index contributed by atoms with van der Waals surface area (Å²) in [6.45, 7) is 11.1. The van der Waals surface area contributed by atoms with Crippen LogP contribution in [0.2, 0.25) is 0 Å². The first-order chi connectivity index (χ1) is 9.80. The van der Waals surface area contributed by atoms with Crippen LogP contribution >= 0.6 is 0 Å². The lowest BCUT2D eigenvalue weighted by molar-refractivity contribution is -0.146. The minimum atomic E-state index is -0.691. The van der Waals surface area contributed by atoms with Crippen molar-refractivity contribution in [3.63, 3.8) is 0 Å². The van der Waals surface area contributed by atoms with Gasteiger partial charge in [0.15, 0.2) is 0 Å². The van der Waals surface area contributed by atoms with E-state index in [4.69, 9.17) is 4.74 Å². The molecule has 5 nitrogen and oxygen atoms in total. The van der Waals surface area contributed by atoms with Crippen molar-refractivity contribution in [1.29, 1.82) is 0 Å². The molecule has 0 N–H and O–H groups in total. The van der Waals surface area contributed by atoms with Crippen molar-refractivity contribution in [3.8, 4) is 0 Å². The van der Waals surface area contributed by atoms with E-state index in [0.717, 1.165) is 32.2 Å². The molecule has 1 spiro atoms. The molecule has 2 amide bonds. The number of carbonyl (C=O) groups is 2. The molecule has 2 fully saturated rings. The maximum absolute atomic E-state index is 12.8. The molecular weight excluding hydrogens is 268 g/mol. The highest BCUT2D eigenvalue weighted by atomic mass is 16.6. The fraction of sp³-hybridized carbons (Fsp3) is 0.750. The topological polar surface area (TPSA) is 49.9 Å². The molecule has 0 saturated carbocycles. The van der Waals surface area contributed by atoms with Crippen molar-refractivity contribution >= 4 is 12.0 Å². The monoisotopic (exact) mass is 294 g/mol. The lowest BCUT2D eigenvalue weighted by atomic mass is 9.85. The summed E-state index contributed by atoms with van der Waals surface area (Å²) in [5.41, 5.74) is -1.23. The maximum Gasteiger partial charge on any atom is 0.411 e. The van der Waals surface area contributed by atoms with Crippen molar-refractivity contribution in [2.75, 3.05) is 19.6 Å². The van der Waals surface area contributed by atoms with E-state index in [1.165, 1.54) is 0 Å². The first kappa shape index (κ1) is 15.9. The molecule has 0 aromatic carbocycles. The van der Waals surface area contributed by atoms with Crippen LogP contribution in [0.25, 0.3) is 0 Å². The molecule has 0 radical (unpaired) electrons. The molecule has 2 rings (SSSR count). The summed E-state index contributed by atoms with van der Waals surface area (Å²) in [6.07, 6.45) is 4.61. The van der Waals surface area contributed by atoms with Crippen molar-refractivity contribution in [3.05, 3.63) is 12.7 Å². The average Bonchev–Trinajstić information content (AvgIpc) is 2.78. The van der Waals surface area contributed by atoms with Crippen LogP contribution in [-0.2, 0) is 9.53 Å². The second-order valence-electron chi connectivity index (χ2n) is 6.91. The van der Waals surface area contributed by atoms with Crippen LogP contribution in [0.15, 0.2) is 12.7 Å². The third kappa shape index (κ3) is 3.06. The minimum absolute atomic E-state index is 0.0528. The number of nitrogens with zero attached hydrogens (tertiary/aromatic N) is 2. The molecule has 2 aliphatic heterocycles. The molecule has 2 aliphatic rings. The van der Waals surface area contributed by atoms with Crippen LogP contribution in [0.4, 0.5) is 4.79 Å². The van der Waals surface area contributed by atoms with E-state index in [-0.39, 0.29) is 12.0 Å². The molecule has 1 unspecified atom stereocenters. The molecule has 21 heavy (non-hydrogen) atoms. The van der Waals surface area contributed by atoms with Crippen molar-refractivity contribution < 1.29 is 14.3 Å².